The Morgan fingerprint density at radius 2 is 2.18 bits per heavy atom. The van der Waals surface area contributed by atoms with Crippen LogP contribution in [0.15, 0.2) is 27.2 Å². The fourth-order valence-corrected chi connectivity index (χ4v) is 5.89. The van der Waals surface area contributed by atoms with E-state index >= 15 is 0 Å². The first-order valence-electron chi connectivity index (χ1n) is 9.53. The van der Waals surface area contributed by atoms with Crippen molar-refractivity contribution in [1.29, 1.82) is 0 Å². The lowest BCUT2D eigenvalue weighted by molar-refractivity contribution is 0.176. The maximum absolute atomic E-state index is 12.6. The topological polar surface area (TPSA) is 102 Å². The fraction of sp³-hybridized carbons (Fsp3) is 0.526. The molecule has 0 radical (unpaired) electrons. The largest absolute Gasteiger partial charge is 0.392 e. The van der Waals surface area contributed by atoms with Gasteiger partial charge in [0.05, 0.1) is 6.10 Å². The Morgan fingerprint density at radius 1 is 1.39 bits per heavy atom. The van der Waals surface area contributed by atoms with Crippen LogP contribution in [-0.4, -0.2) is 55.7 Å². The Bertz CT molecular complexity index is 981. The first-order valence-corrected chi connectivity index (χ1v) is 11.8. The van der Waals surface area contributed by atoms with Crippen LogP contribution >= 0.6 is 11.3 Å². The van der Waals surface area contributed by atoms with Crippen LogP contribution in [0, 0.1) is 6.92 Å². The average molecular weight is 426 g/mol. The van der Waals surface area contributed by atoms with Gasteiger partial charge in [-0.2, -0.15) is 0 Å². The van der Waals surface area contributed by atoms with Gasteiger partial charge in [-0.1, -0.05) is 6.92 Å². The van der Waals surface area contributed by atoms with Crippen molar-refractivity contribution in [2.24, 2.45) is 0 Å². The number of thiophene rings is 1. The third-order valence-electron chi connectivity index (χ3n) is 5.00. The molecule has 0 amide bonds. The summed E-state index contributed by atoms with van der Waals surface area (Å²) in [7, 11) is -3.56. The molecule has 0 spiro atoms. The third kappa shape index (κ3) is 4.90. The summed E-state index contributed by atoms with van der Waals surface area (Å²) in [5.74, 6) is 0. The first kappa shape index (κ1) is 21.2. The number of aliphatic hydroxyl groups is 1. The number of sulfonamides is 1. The number of aliphatic hydroxyl groups excluding tert-OH is 1. The van der Waals surface area contributed by atoms with Gasteiger partial charge in [0.1, 0.15) is 4.21 Å². The summed E-state index contributed by atoms with van der Waals surface area (Å²) in [5, 5.41) is 9.53. The molecule has 28 heavy (non-hydrogen) atoms. The Morgan fingerprint density at radius 3 is 2.86 bits per heavy atom. The van der Waals surface area contributed by atoms with Gasteiger partial charge in [-0.05, 0) is 50.9 Å². The van der Waals surface area contributed by atoms with Crippen molar-refractivity contribution < 1.29 is 13.5 Å². The third-order valence-corrected chi connectivity index (χ3v) is 8.07. The Kier molecular flexibility index (Phi) is 6.72. The van der Waals surface area contributed by atoms with E-state index < -0.39 is 10.0 Å². The summed E-state index contributed by atoms with van der Waals surface area (Å²) in [6, 6.07) is 5.23. The molecular weight excluding hydrogens is 398 g/mol. The SMILES string of the molecule is CCc1cc(-c2ccc(S(=O)(=O)NCCCN3CCC(O)C3)s2)c(C)[nH]c1=O. The molecule has 9 heteroatoms. The number of hydrogen-bond acceptors (Lipinski definition) is 6. The molecule has 0 aliphatic carbocycles. The summed E-state index contributed by atoms with van der Waals surface area (Å²) < 4.78 is 28.1. The van der Waals surface area contributed by atoms with Crippen LogP contribution in [0.25, 0.3) is 10.4 Å². The second kappa shape index (κ2) is 8.87. The van der Waals surface area contributed by atoms with Gasteiger partial charge >= 0.3 is 0 Å². The van der Waals surface area contributed by atoms with Gasteiger partial charge in [-0.25, -0.2) is 13.1 Å². The summed E-state index contributed by atoms with van der Waals surface area (Å²) in [6.45, 7) is 6.39. The maximum atomic E-state index is 12.6. The molecule has 3 rings (SSSR count). The van der Waals surface area contributed by atoms with Crippen molar-refractivity contribution in [3.8, 4) is 10.4 Å². The first-order chi connectivity index (χ1) is 13.3. The summed E-state index contributed by atoms with van der Waals surface area (Å²) in [5.41, 5.74) is 2.17. The van der Waals surface area contributed by atoms with Crippen LogP contribution in [0.5, 0.6) is 0 Å². The number of H-pyrrole nitrogens is 1. The number of likely N-dealkylation sites (tertiary alicyclic amines) is 1. The van der Waals surface area contributed by atoms with Crippen molar-refractivity contribution in [2.45, 2.75) is 43.4 Å². The molecular formula is C19H27N3O4S2. The Labute approximate surface area is 169 Å². The van der Waals surface area contributed by atoms with E-state index in [1.807, 2.05) is 19.9 Å². The minimum atomic E-state index is -3.56. The van der Waals surface area contributed by atoms with Gasteiger partial charge in [0.15, 0.2) is 0 Å². The molecule has 1 aliphatic heterocycles. The molecule has 1 unspecified atom stereocenters. The summed E-state index contributed by atoms with van der Waals surface area (Å²) >= 11 is 1.20. The molecule has 3 heterocycles. The van der Waals surface area contributed by atoms with Gasteiger partial charge in [0.25, 0.3) is 5.56 Å². The highest BCUT2D eigenvalue weighted by Gasteiger charge is 2.21. The van der Waals surface area contributed by atoms with Crippen LogP contribution in [0.1, 0.15) is 31.0 Å². The number of hydrogen-bond donors (Lipinski definition) is 3. The Hall–Kier alpha value is -1.52. The molecule has 0 aromatic carbocycles. The normalized spacial score (nSPS) is 18.0. The monoisotopic (exact) mass is 425 g/mol. The minimum absolute atomic E-state index is 0.0969. The van der Waals surface area contributed by atoms with Crippen molar-refractivity contribution >= 4 is 21.4 Å². The van der Waals surface area contributed by atoms with Crippen LogP contribution in [0.3, 0.4) is 0 Å². The molecule has 0 saturated carbocycles. The van der Waals surface area contributed by atoms with Crippen LogP contribution in [0.4, 0.5) is 0 Å². The standard InChI is InChI=1S/C19H27N3O4S2/c1-3-14-11-16(13(2)21-19(14)24)17-5-6-18(27-17)28(25,26)20-8-4-9-22-10-7-15(23)12-22/h5-6,11,15,20,23H,3-4,7-10,12H2,1-2H3,(H,21,24). The molecule has 3 N–H and O–H groups in total. The predicted molar refractivity (Wildman–Crippen MR) is 111 cm³/mol. The minimum Gasteiger partial charge on any atom is -0.392 e. The van der Waals surface area contributed by atoms with E-state index in [0.717, 1.165) is 35.6 Å². The van der Waals surface area contributed by atoms with Crippen molar-refractivity contribution in [3.05, 3.63) is 39.8 Å². The van der Waals surface area contributed by atoms with E-state index in [2.05, 4.69) is 14.6 Å². The number of aromatic amines is 1. The summed E-state index contributed by atoms with van der Waals surface area (Å²) in [4.78, 5) is 17.7. The number of pyridine rings is 1. The quantitative estimate of drug-likeness (QED) is 0.559. The highest BCUT2D eigenvalue weighted by molar-refractivity contribution is 7.91. The van der Waals surface area contributed by atoms with Crippen molar-refractivity contribution in [2.75, 3.05) is 26.2 Å². The molecule has 1 atom stereocenters. The zero-order valence-electron chi connectivity index (χ0n) is 16.2. The van der Waals surface area contributed by atoms with Crippen LogP contribution < -0.4 is 10.3 Å². The number of nitrogens with one attached hydrogen (secondary N) is 2. The van der Waals surface area contributed by atoms with Crippen LogP contribution in [0.2, 0.25) is 0 Å². The number of aromatic nitrogens is 1. The highest BCUT2D eigenvalue weighted by atomic mass is 32.2. The highest BCUT2D eigenvalue weighted by Crippen LogP contribution is 2.32. The van der Waals surface area contributed by atoms with E-state index in [4.69, 9.17) is 0 Å². The lowest BCUT2D eigenvalue weighted by Gasteiger charge is -2.14. The van der Waals surface area contributed by atoms with E-state index in [0.29, 0.717) is 31.5 Å². The van der Waals surface area contributed by atoms with Crippen LogP contribution in [-0.2, 0) is 16.4 Å². The smallest absolute Gasteiger partial charge is 0.251 e. The molecule has 1 saturated heterocycles. The molecule has 2 aromatic heterocycles. The fourth-order valence-electron chi connectivity index (χ4n) is 3.39. The molecule has 2 aromatic rings. The number of rotatable bonds is 8. The van der Waals surface area contributed by atoms with Gasteiger partial charge < -0.3 is 15.0 Å². The lowest BCUT2D eigenvalue weighted by atomic mass is 10.1. The van der Waals surface area contributed by atoms with E-state index in [1.165, 1.54) is 11.3 Å². The van der Waals surface area contributed by atoms with Gasteiger partial charge in [0, 0.05) is 41.3 Å². The van der Waals surface area contributed by atoms with Gasteiger partial charge in [0.2, 0.25) is 10.0 Å². The molecule has 0 bridgehead atoms. The zero-order chi connectivity index (χ0) is 20.3. The predicted octanol–water partition coefficient (Wildman–Crippen LogP) is 1.71. The van der Waals surface area contributed by atoms with Gasteiger partial charge in [-0.15, -0.1) is 11.3 Å². The molecule has 7 nitrogen and oxygen atoms in total. The van der Waals surface area contributed by atoms with E-state index in [-0.39, 0.29) is 15.9 Å². The number of nitrogens with zero attached hydrogens (tertiary/aromatic N) is 1. The number of aryl methyl sites for hydroxylation is 2. The van der Waals surface area contributed by atoms with Gasteiger partial charge in [-0.3, -0.25) is 4.79 Å². The van der Waals surface area contributed by atoms with E-state index in [9.17, 15) is 18.3 Å². The summed E-state index contributed by atoms with van der Waals surface area (Å²) in [6.07, 6.45) is 1.84. The van der Waals surface area contributed by atoms with Crippen molar-refractivity contribution in [3.63, 3.8) is 0 Å². The molecule has 1 aliphatic rings. The molecule has 154 valence electrons. The molecule has 1 fully saturated rings. The Balaban J connectivity index is 1.64. The average Bonchev–Trinajstić information content (AvgIpc) is 3.29. The maximum Gasteiger partial charge on any atom is 0.251 e. The van der Waals surface area contributed by atoms with Crippen molar-refractivity contribution in [1.82, 2.24) is 14.6 Å². The number of β-amino-alcohol motifs (C(OH)–C–C–N with tert-alkyl or cyclic N) is 1. The second-order valence-corrected chi connectivity index (χ2v) is 10.2. The second-order valence-electron chi connectivity index (χ2n) is 7.13. The zero-order valence-corrected chi connectivity index (χ0v) is 17.8. The lowest BCUT2D eigenvalue weighted by Crippen LogP contribution is -2.29. The van der Waals surface area contributed by atoms with E-state index in [1.54, 1.807) is 12.1 Å².